The Kier molecular flexibility index (Phi) is 3.05. The SMILES string of the molecule is CCCc1ccc(-c2cc(C(=O)O)on2)s1. The zero-order chi connectivity index (χ0) is 11.5. The highest BCUT2D eigenvalue weighted by Crippen LogP contribution is 2.28. The van der Waals surface area contributed by atoms with Crippen molar-refractivity contribution in [3.63, 3.8) is 0 Å². The molecule has 0 aliphatic carbocycles. The van der Waals surface area contributed by atoms with E-state index in [-0.39, 0.29) is 5.76 Å². The van der Waals surface area contributed by atoms with E-state index in [4.69, 9.17) is 9.63 Å². The minimum Gasteiger partial charge on any atom is -0.475 e. The van der Waals surface area contributed by atoms with Gasteiger partial charge in [0.05, 0.1) is 4.88 Å². The van der Waals surface area contributed by atoms with Crippen molar-refractivity contribution in [2.75, 3.05) is 0 Å². The molecule has 4 nitrogen and oxygen atoms in total. The van der Waals surface area contributed by atoms with E-state index in [0.717, 1.165) is 17.7 Å². The fraction of sp³-hybridized carbons (Fsp3) is 0.273. The van der Waals surface area contributed by atoms with E-state index in [0.29, 0.717) is 5.69 Å². The number of carboxylic acids is 1. The summed E-state index contributed by atoms with van der Waals surface area (Å²) in [5, 5.41) is 12.4. The Morgan fingerprint density at radius 2 is 2.38 bits per heavy atom. The molecule has 2 rings (SSSR count). The van der Waals surface area contributed by atoms with Crippen molar-refractivity contribution in [1.82, 2.24) is 5.16 Å². The Labute approximate surface area is 96.5 Å². The molecule has 2 aromatic rings. The number of aromatic nitrogens is 1. The van der Waals surface area contributed by atoms with Gasteiger partial charge < -0.3 is 9.63 Å². The standard InChI is InChI=1S/C11H11NO3S/c1-2-3-7-4-5-10(16-7)8-6-9(11(13)14)15-12-8/h4-6H,2-3H2,1H3,(H,13,14). The summed E-state index contributed by atoms with van der Waals surface area (Å²) in [6, 6.07) is 5.43. The first-order chi connectivity index (χ1) is 7.70. The molecule has 0 amide bonds. The molecular formula is C11H11NO3S. The largest absolute Gasteiger partial charge is 0.475 e. The van der Waals surface area contributed by atoms with Gasteiger partial charge >= 0.3 is 5.97 Å². The summed E-state index contributed by atoms with van der Waals surface area (Å²) in [5.74, 6) is -1.22. The van der Waals surface area contributed by atoms with E-state index in [2.05, 4.69) is 12.1 Å². The highest BCUT2D eigenvalue weighted by Gasteiger charge is 2.13. The normalized spacial score (nSPS) is 10.6. The summed E-state index contributed by atoms with van der Waals surface area (Å²) in [4.78, 5) is 12.8. The number of aryl methyl sites for hydroxylation is 1. The molecule has 2 heterocycles. The van der Waals surface area contributed by atoms with Crippen LogP contribution in [-0.2, 0) is 6.42 Å². The van der Waals surface area contributed by atoms with Crippen molar-refractivity contribution in [2.24, 2.45) is 0 Å². The van der Waals surface area contributed by atoms with Crippen LogP contribution in [0.3, 0.4) is 0 Å². The van der Waals surface area contributed by atoms with Gasteiger partial charge in [-0.15, -0.1) is 11.3 Å². The molecule has 0 aliphatic heterocycles. The maximum absolute atomic E-state index is 10.6. The van der Waals surface area contributed by atoms with Crippen molar-refractivity contribution in [3.8, 4) is 10.6 Å². The summed E-state index contributed by atoms with van der Waals surface area (Å²) in [7, 11) is 0. The third-order valence-corrected chi connectivity index (χ3v) is 3.30. The van der Waals surface area contributed by atoms with Gasteiger partial charge in [-0.25, -0.2) is 4.79 Å². The Bertz CT molecular complexity index is 501. The number of thiophene rings is 1. The quantitative estimate of drug-likeness (QED) is 0.887. The number of carbonyl (C=O) groups is 1. The third kappa shape index (κ3) is 2.14. The van der Waals surface area contributed by atoms with Gasteiger partial charge in [0.15, 0.2) is 0 Å². The van der Waals surface area contributed by atoms with Gasteiger partial charge in [-0.2, -0.15) is 0 Å². The molecule has 0 atom stereocenters. The number of hydrogen-bond acceptors (Lipinski definition) is 4. The van der Waals surface area contributed by atoms with E-state index < -0.39 is 5.97 Å². The zero-order valence-corrected chi connectivity index (χ0v) is 9.58. The van der Waals surface area contributed by atoms with Gasteiger partial charge in [-0.3, -0.25) is 0 Å². The topological polar surface area (TPSA) is 63.3 Å². The lowest BCUT2D eigenvalue weighted by Gasteiger charge is -1.88. The first-order valence-electron chi connectivity index (χ1n) is 4.99. The number of rotatable bonds is 4. The number of hydrogen-bond donors (Lipinski definition) is 1. The molecule has 5 heteroatoms. The number of carboxylic acid groups (broad SMARTS) is 1. The average Bonchev–Trinajstić information content (AvgIpc) is 2.84. The van der Waals surface area contributed by atoms with Gasteiger partial charge in [0.25, 0.3) is 0 Å². The van der Waals surface area contributed by atoms with Crippen LogP contribution in [0.25, 0.3) is 10.6 Å². The zero-order valence-electron chi connectivity index (χ0n) is 8.77. The predicted octanol–water partition coefficient (Wildman–Crippen LogP) is 3.05. The molecule has 0 saturated heterocycles. The van der Waals surface area contributed by atoms with Gasteiger partial charge in [0, 0.05) is 10.9 Å². The summed E-state index contributed by atoms with van der Waals surface area (Å²) >= 11 is 1.62. The van der Waals surface area contributed by atoms with E-state index in [9.17, 15) is 4.79 Å². The second-order valence-corrected chi connectivity index (χ2v) is 4.57. The number of aromatic carboxylic acids is 1. The lowest BCUT2D eigenvalue weighted by atomic mass is 10.3. The minimum absolute atomic E-state index is 0.125. The van der Waals surface area contributed by atoms with Crippen LogP contribution in [0.15, 0.2) is 22.7 Å². The second kappa shape index (κ2) is 4.49. The Hall–Kier alpha value is -1.62. The molecule has 1 N–H and O–H groups in total. The van der Waals surface area contributed by atoms with E-state index in [1.54, 1.807) is 11.3 Å². The second-order valence-electron chi connectivity index (χ2n) is 3.40. The molecule has 0 aromatic carbocycles. The highest BCUT2D eigenvalue weighted by atomic mass is 32.1. The molecule has 0 aliphatic rings. The third-order valence-electron chi connectivity index (χ3n) is 2.13. The molecule has 0 radical (unpaired) electrons. The molecule has 0 unspecified atom stereocenters. The van der Waals surface area contributed by atoms with Crippen LogP contribution in [0.5, 0.6) is 0 Å². The van der Waals surface area contributed by atoms with Crippen molar-refractivity contribution in [3.05, 3.63) is 28.8 Å². The summed E-state index contributed by atoms with van der Waals surface area (Å²) in [5.41, 5.74) is 0.588. The molecule has 2 aromatic heterocycles. The predicted molar refractivity (Wildman–Crippen MR) is 60.8 cm³/mol. The van der Waals surface area contributed by atoms with Gasteiger partial charge in [0.2, 0.25) is 5.76 Å². The molecule has 16 heavy (non-hydrogen) atoms. The van der Waals surface area contributed by atoms with Crippen molar-refractivity contribution >= 4 is 17.3 Å². The lowest BCUT2D eigenvalue weighted by molar-refractivity contribution is 0.0652. The Balaban J connectivity index is 2.24. The van der Waals surface area contributed by atoms with E-state index >= 15 is 0 Å². The van der Waals surface area contributed by atoms with Gasteiger partial charge in [-0.05, 0) is 18.6 Å². The summed E-state index contributed by atoms with van der Waals surface area (Å²) in [6.07, 6.45) is 2.13. The van der Waals surface area contributed by atoms with Gasteiger partial charge in [0.1, 0.15) is 5.69 Å². The van der Waals surface area contributed by atoms with Crippen LogP contribution in [0.4, 0.5) is 0 Å². The fourth-order valence-electron chi connectivity index (χ4n) is 1.39. The molecule has 0 spiro atoms. The van der Waals surface area contributed by atoms with Crippen LogP contribution in [0.2, 0.25) is 0 Å². The monoisotopic (exact) mass is 237 g/mol. The lowest BCUT2D eigenvalue weighted by Crippen LogP contribution is -1.91. The fourth-order valence-corrected chi connectivity index (χ4v) is 2.45. The van der Waals surface area contributed by atoms with Gasteiger partial charge in [-0.1, -0.05) is 18.5 Å². The summed E-state index contributed by atoms with van der Waals surface area (Å²) in [6.45, 7) is 2.12. The van der Waals surface area contributed by atoms with Crippen molar-refractivity contribution in [2.45, 2.75) is 19.8 Å². The highest BCUT2D eigenvalue weighted by molar-refractivity contribution is 7.15. The smallest absolute Gasteiger partial charge is 0.374 e. The van der Waals surface area contributed by atoms with Crippen LogP contribution in [0, 0.1) is 0 Å². The molecule has 0 saturated carbocycles. The Morgan fingerprint density at radius 1 is 1.56 bits per heavy atom. The van der Waals surface area contributed by atoms with Crippen LogP contribution in [0.1, 0.15) is 28.8 Å². The maximum Gasteiger partial charge on any atom is 0.374 e. The molecule has 0 bridgehead atoms. The first-order valence-corrected chi connectivity index (χ1v) is 5.81. The molecule has 0 fully saturated rings. The van der Waals surface area contributed by atoms with E-state index in [1.165, 1.54) is 10.9 Å². The van der Waals surface area contributed by atoms with Crippen molar-refractivity contribution in [1.29, 1.82) is 0 Å². The van der Waals surface area contributed by atoms with Crippen LogP contribution < -0.4 is 0 Å². The summed E-state index contributed by atoms with van der Waals surface area (Å²) < 4.78 is 4.71. The minimum atomic E-state index is -1.09. The van der Waals surface area contributed by atoms with E-state index in [1.807, 2.05) is 12.1 Å². The number of nitrogens with zero attached hydrogens (tertiary/aromatic N) is 1. The molecular weight excluding hydrogens is 226 g/mol. The first kappa shape index (κ1) is 10.9. The maximum atomic E-state index is 10.6. The van der Waals surface area contributed by atoms with Crippen LogP contribution >= 0.6 is 11.3 Å². The molecule has 84 valence electrons. The van der Waals surface area contributed by atoms with Crippen molar-refractivity contribution < 1.29 is 14.4 Å². The average molecular weight is 237 g/mol. The van der Waals surface area contributed by atoms with Crippen LogP contribution in [-0.4, -0.2) is 16.2 Å². The Morgan fingerprint density at radius 3 is 3.00 bits per heavy atom.